The van der Waals surface area contributed by atoms with Gasteiger partial charge in [0, 0.05) is 26.4 Å². The van der Waals surface area contributed by atoms with Crippen LogP contribution in [0, 0.1) is 0 Å². The van der Waals surface area contributed by atoms with Gasteiger partial charge in [-0.1, -0.05) is 54.1 Å². The number of carbonyl (C=O) groups is 1. The summed E-state index contributed by atoms with van der Waals surface area (Å²) in [5.41, 5.74) is 13.3. The molecule has 6 heteroatoms. The molecule has 0 atom stereocenters. The van der Waals surface area contributed by atoms with Crippen LogP contribution in [0.1, 0.15) is 25.7 Å². The minimum Gasteiger partial charge on any atom is -0.397 e. The molecule has 1 aliphatic rings. The van der Waals surface area contributed by atoms with E-state index in [1.165, 1.54) is 27.3 Å². The molecular weight excluding hydrogens is 456 g/mol. The average Bonchev–Trinajstić information content (AvgIpc) is 3.43. The maximum Gasteiger partial charge on any atom is 0.205 e. The maximum atomic E-state index is 13.3. The molecule has 5 aromatic rings. The first kappa shape index (κ1) is 19.7. The summed E-state index contributed by atoms with van der Waals surface area (Å²) in [5.74, 6) is -0.0673. The standard InChI is InChI=1S/C26H17ClN2OS2/c27-16-8-6-14(7-9-16)20-18-10-11-19-17(12-13-31-19)23(18)29-26-21(20)22(28)25(32-26)24(30)15-4-2-1-3-5-15/h1-9,12-13H,10-11,28H2. The number of benzene rings is 2. The van der Waals surface area contributed by atoms with Crippen LogP contribution in [-0.2, 0) is 12.8 Å². The lowest BCUT2D eigenvalue weighted by Gasteiger charge is -2.20. The third kappa shape index (κ3) is 3.00. The van der Waals surface area contributed by atoms with Gasteiger partial charge >= 0.3 is 0 Å². The van der Waals surface area contributed by atoms with E-state index in [4.69, 9.17) is 22.3 Å². The van der Waals surface area contributed by atoms with Crippen molar-refractivity contribution >= 4 is 56.0 Å². The smallest absolute Gasteiger partial charge is 0.205 e. The highest BCUT2D eigenvalue weighted by Gasteiger charge is 2.28. The highest BCUT2D eigenvalue weighted by atomic mass is 35.5. The number of hydrogen-bond acceptors (Lipinski definition) is 5. The predicted octanol–water partition coefficient (Wildman–Crippen LogP) is 7.26. The fraction of sp³-hybridized carbons (Fsp3) is 0.0769. The summed E-state index contributed by atoms with van der Waals surface area (Å²) in [6.07, 6.45) is 1.87. The van der Waals surface area contributed by atoms with E-state index in [1.54, 1.807) is 11.3 Å². The van der Waals surface area contributed by atoms with E-state index >= 15 is 0 Å². The third-order valence-electron chi connectivity index (χ3n) is 5.96. The number of aromatic nitrogens is 1. The number of fused-ring (bicyclic) bond motifs is 4. The van der Waals surface area contributed by atoms with Gasteiger partial charge in [-0.05, 0) is 53.1 Å². The maximum absolute atomic E-state index is 13.3. The van der Waals surface area contributed by atoms with E-state index in [0.29, 0.717) is 21.2 Å². The summed E-state index contributed by atoms with van der Waals surface area (Å²) in [7, 11) is 0. The van der Waals surface area contributed by atoms with Crippen molar-refractivity contribution in [1.29, 1.82) is 0 Å². The number of nitrogens with two attached hydrogens (primary N) is 1. The third-order valence-corrected chi connectivity index (χ3v) is 8.29. The van der Waals surface area contributed by atoms with Crippen LogP contribution in [-0.4, -0.2) is 10.8 Å². The van der Waals surface area contributed by atoms with Gasteiger partial charge in [-0.3, -0.25) is 4.79 Å². The van der Waals surface area contributed by atoms with Crippen molar-refractivity contribution < 1.29 is 4.79 Å². The first-order valence-corrected chi connectivity index (χ1v) is 12.4. The van der Waals surface area contributed by atoms with Crippen molar-refractivity contribution in [3.05, 3.63) is 91.9 Å². The zero-order chi connectivity index (χ0) is 21.8. The SMILES string of the molecule is Nc1c(C(=O)c2ccccc2)sc2nc3c(c(-c4ccc(Cl)cc4)c12)CCc1sccc1-3. The number of nitrogen functional groups attached to an aromatic ring is 1. The molecule has 156 valence electrons. The Morgan fingerprint density at radius 1 is 1.00 bits per heavy atom. The molecule has 0 saturated heterocycles. The molecule has 3 aromatic heterocycles. The van der Waals surface area contributed by atoms with Gasteiger partial charge < -0.3 is 5.73 Å². The number of thiophene rings is 2. The van der Waals surface area contributed by atoms with Gasteiger partial charge in [0.05, 0.1) is 11.4 Å². The Bertz CT molecular complexity index is 1500. The largest absolute Gasteiger partial charge is 0.397 e. The molecule has 3 heterocycles. The fourth-order valence-corrected chi connectivity index (χ4v) is 6.54. The summed E-state index contributed by atoms with van der Waals surface area (Å²) < 4.78 is 0. The highest BCUT2D eigenvalue weighted by molar-refractivity contribution is 7.21. The van der Waals surface area contributed by atoms with Gasteiger partial charge in [-0.2, -0.15) is 0 Å². The molecule has 0 fully saturated rings. The Morgan fingerprint density at radius 3 is 2.56 bits per heavy atom. The summed E-state index contributed by atoms with van der Waals surface area (Å²) in [4.78, 5) is 21.0. The van der Waals surface area contributed by atoms with Gasteiger partial charge in [-0.15, -0.1) is 22.7 Å². The number of nitrogens with zero attached hydrogens (tertiary/aromatic N) is 1. The highest BCUT2D eigenvalue weighted by Crippen LogP contribution is 2.47. The molecule has 0 radical (unpaired) electrons. The van der Waals surface area contributed by atoms with Crippen molar-refractivity contribution in [1.82, 2.24) is 4.98 Å². The van der Waals surface area contributed by atoms with Crippen molar-refractivity contribution in [2.24, 2.45) is 0 Å². The molecule has 0 bridgehead atoms. The number of ketones is 1. The monoisotopic (exact) mass is 472 g/mol. The molecule has 32 heavy (non-hydrogen) atoms. The van der Waals surface area contributed by atoms with E-state index in [0.717, 1.165) is 39.9 Å². The van der Waals surface area contributed by atoms with Gasteiger partial charge in [0.2, 0.25) is 5.78 Å². The second kappa shape index (κ2) is 7.55. The lowest BCUT2D eigenvalue weighted by Crippen LogP contribution is -2.06. The first-order valence-electron chi connectivity index (χ1n) is 10.3. The molecule has 0 unspecified atom stereocenters. The van der Waals surface area contributed by atoms with Crippen LogP contribution in [0.3, 0.4) is 0 Å². The zero-order valence-corrected chi connectivity index (χ0v) is 19.3. The Hall–Kier alpha value is -2.99. The Kier molecular flexibility index (Phi) is 4.65. The minimum absolute atomic E-state index is 0.0673. The number of anilines is 1. The quantitative estimate of drug-likeness (QED) is 0.281. The zero-order valence-electron chi connectivity index (χ0n) is 16.9. The van der Waals surface area contributed by atoms with Gasteiger partial charge in [0.15, 0.2) is 0 Å². The van der Waals surface area contributed by atoms with Crippen LogP contribution >= 0.6 is 34.3 Å². The van der Waals surface area contributed by atoms with Crippen LogP contribution in [0.25, 0.3) is 32.6 Å². The number of aryl methyl sites for hydroxylation is 1. The van der Waals surface area contributed by atoms with Gasteiger partial charge in [-0.25, -0.2) is 4.98 Å². The Morgan fingerprint density at radius 2 is 1.78 bits per heavy atom. The normalized spacial score (nSPS) is 12.5. The minimum atomic E-state index is -0.0673. The molecule has 0 spiro atoms. The summed E-state index contributed by atoms with van der Waals surface area (Å²) in [6, 6.07) is 19.3. The summed E-state index contributed by atoms with van der Waals surface area (Å²) >= 11 is 9.34. The van der Waals surface area contributed by atoms with E-state index in [2.05, 4.69) is 11.4 Å². The molecule has 1 aliphatic carbocycles. The number of carbonyl (C=O) groups excluding carboxylic acids is 1. The van der Waals surface area contributed by atoms with Crippen molar-refractivity contribution in [2.75, 3.05) is 5.73 Å². The molecule has 0 saturated carbocycles. The van der Waals surface area contributed by atoms with E-state index in [1.807, 2.05) is 54.6 Å². The molecule has 3 nitrogen and oxygen atoms in total. The number of pyridine rings is 1. The molecule has 0 amide bonds. The van der Waals surface area contributed by atoms with Crippen molar-refractivity contribution in [3.63, 3.8) is 0 Å². The second-order valence-electron chi connectivity index (χ2n) is 7.80. The van der Waals surface area contributed by atoms with E-state index in [9.17, 15) is 4.79 Å². The average molecular weight is 473 g/mol. The number of halogens is 1. The van der Waals surface area contributed by atoms with Gasteiger partial charge in [0.25, 0.3) is 0 Å². The van der Waals surface area contributed by atoms with Crippen molar-refractivity contribution in [3.8, 4) is 22.4 Å². The summed E-state index contributed by atoms with van der Waals surface area (Å²) in [5, 5.41) is 3.68. The predicted molar refractivity (Wildman–Crippen MR) is 135 cm³/mol. The van der Waals surface area contributed by atoms with Crippen LogP contribution in [0.15, 0.2) is 66.0 Å². The van der Waals surface area contributed by atoms with Crippen molar-refractivity contribution in [2.45, 2.75) is 12.8 Å². The molecule has 2 N–H and O–H groups in total. The Balaban J connectivity index is 1.67. The Labute approximate surface area is 198 Å². The lowest BCUT2D eigenvalue weighted by molar-refractivity contribution is 0.104. The van der Waals surface area contributed by atoms with Crippen LogP contribution < -0.4 is 5.73 Å². The number of rotatable bonds is 3. The fourth-order valence-electron chi connectivity index (χ4n) is 4.46. The molecule has 6 rings (SSSR count). The molecule has 2 aromatic carbocycles. The molecule has 0 aliphatic heterocycles. The van der Waals surface area contributed by atoms with Crippen LogP contribution in [0.4, 0.5) is 5.69 Å². The number of hydrogen-bond donors (Lipinski definition) is 1. The van der Waals surface area contributed by atoms with Crippen LogP contribution in [0.2, 0.25) is 5.02 Å². The summed E-state index contributed by atoms with van der Waals surface area (Å²) in [6.45, 7) is 0. The van der Waals surface area contributed by atoms with E-state index < -0.39 is 0 Å². The van der Waals surface area contributed by atoms with Gasteiger partial charge in [0.1, 0.15) is 9.71 Å². The first-order chi connectivity index (χ1) is 15.6. The van der Waals surface area contributed by atoms with E-state index in [-0.39, 0.29) is 5.78 Å². The lowest BCUT2D eigenvalue weighted by atomic mass is 9.87. The topological polar surface area (TPSA) is 56.0 Å². The van der Waals surface area contributed by atoms with Crippen LogP contribution in [0.5, 0.6) is 0 Å². The second-order valence-corrected chi connectivity index (χ2v) is 10.2. The molecular formula is C26H17ClN2OS2.